The Balaban J connectivity index is 4.05. The van der Waals surface area contributed by atoms with E-state index in [-0.39, 0.29) is 36.4 Å². The zero-order valence-corrected chi connectivity index (χ0v) is 9.45. The standard InChI is InChI=1S/C10H22N2O2/c1-6(5-13)9(4)12-10(14)7(2)8(3)11/h6-9,13H,5,11H2,1-4H3,(H,12,14). The fourth-order valence-corrected chi connectivity index (χ4v) is 0.895. The van der Waals surface area contributed by atoms with Crippen molar-refractivity contribution in [2.24, 2.45) is 17.6 Å². The number of carbonyl (C=O) groups excluding carboxylic acids is 1. The minimum absolute atomic E-state index is 0.0197. The molecule has 0 heterocycles. The van der Waals surface area contributed by atoms with Gasteiger partial charge in [0.25, 0.3) is 0 Å². The number of carbonyl (C=O) groups is 1. The second kappa shape index (κ2) is 5.98. The van der Waals surface area contributed by atoms with E-state index in [4.69, 9.17) is 10.8 Å². The number of aliphatic hydroxyl groups excluding tert-OH is 1. The monoisotopic (exact) mass is 202 g/mol. The average Bonchev–Trinajstić information content (AvgIpc) is 2.14. The summed E-state index contributed by atoms with van der Waals surface area (Å²) >= 11 is 0. The van der Waals surface area contributed by atoms with E-state index in [1.165, 1.54) is 0 Å². The van der Waals surface area contributed by atoms with Gasteiger partial charge in [-0.15, -0.1) is 0 Å². The third-order valence-electron chi connectivity index (χ3n) is 2.71. The van der Waals surface area contributed by atoms with Gasteiger partial charge in [0, 0.05) is 24.6 Å². The Labute approximate surface area is 85.9 Å². The van der Waals surface area contributed by atoms with Crippen LogP contribution in [0.5, 0.6) is 0 Å². The topological polar surface area (TPSA) is 75.4 Å². The lowest BCUT2D eigenvalue weighted by Crippen LogP contribution is -2.45. The highest BCUT2D eigenvalue weighted by Crippen LogP contribution is 2.04. The summed E-state index contributed by atoms with van der Waals surface area (Å²) in [5.41, 5.74) is 5.61. The van der Waals surface area contributed by atoms with E-state index >= 15 is 0 Å². The van der Waals surface area contributed by atoms with Crippen molar-refractivity contribution in [2.75, 3.05) is 6.61 Å². The van der Waals surface area contributed by atoms with Gasteiger partial charge in [-0.3, -0.25) is 4.79 Å². The van der Waals surface area contributed by atoms with Crippen LogP contribution in [-0.2, 0) is 4.79 Å². The van der Waals surface area contributed by atoms with Crippen molar-refractivity contribution in [3.05, 3.63) is 0 Å². The van der Waals surface area contributed by atoms with E-state index in [1.807, 2.05) is 20.8 Å². The fourth-order valence-electron chi connectivity index (χ4n) is 0.895. The van der Waals surface area contributed by atoms with Crippen molar-refractivity contribution < 1.29 is 9.90 Å². The van der Waals surface area contributed by atoms with E-state index in [0.29, 0.717) is 0 Å². The van der Waals surface area contributed by atoms with Gasteiger partial charge in [-0.2, -0.15) is 0 Å². The molecule has 0 saturated heterocycles. The third-order valence-corrected chi connectivity index (χ3v) is 2.71. The molecule has 84 valence electrons. The van der Waals surface area contributed by atoms with Crippen LogP contribution in [0.25, 0.3) is 0 Å². The quantitative estimate of drug-likeness (QED) is 0.592. The zero-order chi connectivity index (χ0) is 11.3. The molecule has 0 spiro atoms. The predicted molar refractivity (Wildman–Crippen MR) is 56.7 cm³/mol. The molecule has 4 unspecified atom stereocenters. The maximum atomic E-state index is 11.5. The Hall–Kier alpha value is -0.610. The van der Waals surface area contributed by atoms with Gasteiger partial charge in [0.15, 0.2) is 0 Å². The van der Waals surface area contributed by atoms with Gasteiger partial charge in [-0.25, -0.2) is 0 Å². The molecular weight excluding hydrogens is 180 g/mol. The number of nitrogens with two attached hydrogens (primary N) is 1. The number of nitrogens with one attached hydrogen (secondary N) is 1. The fraction of sp³-hybridized carbons (Fsp3) is 0.900. The molecule has 0 aromatic heterocycles. The number of hydrogen-bond donors (Lipinski definition) is 3. The van der Waals surface area contributed by atoms with E-state index in [0.717, 1.165) is 0 Å². The van der Waals surface area contributed by atoms with Crippen molar-refractivity contribution in [3.8, 4) is 0 Å². The molecule has 0 aromatic rings. The molecule has 0 aliphatic heterocycles. The summed E-state index contributed by atoms with van der Waals surface area (Å²) < 4.78 is 0. The van der Waals surface area contributed by atoms with Gasteiger partial charge < -0.3 is 16.2 Å². The lowest BCUT2D eigenvalue weighted by Gasteiger charge is -2.22. The van der Waals surface area contributed by atoms with Crippen LogP contribution < -0.4 is 11.1 Å². The number of amides is 1. The molecule has 1 amide bonds. The highest BCUT2D eigenvalue weighted by molar-refractivity contribution is 5.79. The maximum absolute atomic E-state index is 11.5. The number of hydrogen-bond acceptors (Lipinski definition) is 3. The zero-order valence-electron chi connectivity index (χ0n) is 9.45. The molecule has 0 saturated carbocycles. The average molecular weight is 202 g/mol. The molecule has 0 rings (SSSR count). The Morgan fingerprint density at radius 2 is 1.86 bits per heavy atom. The van der Waals surface area contributed by atoms with E-state index in [2.05, 4.69) is 5.32 Å². The molecule has 0 bridgehead atoms. The van der Waals surface area contributed by atoms with Gasteiger partial charge in [0.1, 0.15) is 0 Å². The van der Waals surface area contributed by atoms with Crippen LogP contribution in [-0.4, -0.2) is 29.7 Å². The first kappa shape index (κ1) is 13.4. The second-order valence-corrected chi connectivity index (χ2v) is 4.10. The molecule has 0 radical (unpaired) electrons. The van der Waals surface area contributed by atoms with Crippen LogP contribution in [0, 0.1) is 11.8 Å². The molecule has 0 aromatic carbocycles. The summed E-state index contributed by atoms with van der Waals surface area (Å²) in [7, 11) is 0. The lowest BCUT2D eigenvalue weighted by molar-refractivity contribution is -0.125. The van der Waals surface area contributed by atoms with Gasteiger partial charge in [-0.1, -0.05) is 13.8 Å². The van der Waals surface area contributed by atoms with Gasteiger partial charge in [-0.05, 0) is 19.8 Å². The minimum atomic E-state index is -0.191. The number of rotatable bonds is 5. The molecule has 4 heteroatoms. The molecule has 0 aliphatic rings. The lowest BCUT2D eigenvalue weighted by atomic mass is 10.0. The molecule has 14 heavy (non-hydrogen) atoms. The summed E-state index contributed by atoms with van der Waals surface area (Å²) in [5, 5.41) is 11.7. The Bertz CT molecular complexity index is 183. The van der Waals surface area contributed by atoms with Crippen LogP contribution in [0.4, 0.5) is 0 Å². The normalized spacial score (nSPS) is 19.6. The Morgan fingerprint density at radius 3 is 2.21 bits per heavy atom. The Morgan fingerprint density at radius 1 is 1.36 bits per heavy atom. The summed E-state index contributed by atoms with van der Waals surface area (Å²) in [6, 6.07) is -0.166. The van der Waals surface area contributed by atoms with Crippen LogP contribution in [0.1, 0.15) is 27.7 Å². The molecular formula is C10H22N2O2. The highest BCUT2D eigenvalue weighted by Gasteiger charge is 2.20. The summed E-state index contributed by atoms with van der Waals surface area (Å²) in [6.07, 6.45) is 0. The van der Waals surface area contributed by atoms with E-state index in [1.54, 1.807) is 6.92 Å². The van der Waals surface area contributed by atoms with Gasteiger partial charge in [0.05, 0.1) is 0 Å². The van der Waals surface area contributed by atoms with Gasteiger partial charge >= 0.3 is 0 Å². The first-order chi connectivity index (χ1) is 6.40. The van der Waals surface area contributed by atoms with Crippen LogP contribution >= 0.6 is 0 Å². The maximum Gasteiger partial charge on any atom is 0.224 e. The highest BCUT2D eigenvalue weighted by atomic mass is 16.3. The first-order valence-corrected chi connectivity index (χ1v) is 5.07. The van der Waals surface area contributed by atoms with Crippen LogP contribution in [0.3, 0.4) is 0 Å². The molecule has 4 nitrogen and oxygen atoms in total. The molecule has 0 fully saturated rings. The minimum Gasteiger partial charge on any atom is -0.396 e. The van der Waals surface area contributed by atoms with Gasteiger partial charge in [0.2, 0.25) is 5.91 Å². The smallest absolute Gasteiger partial charge is 0.224 e. The predicted octanol–water partition coefficient (Wildman–Crippen LogP) is 0.103. The largest absolute Gasteiger partial charge is 0.396 e. The van der Waals surface area contributed by atoms with Crippen molar-refractivity contribution in [2.45, 2.75) is 39.8 Å². The summed E-state index contributed by atoms with van der Waals surface area (Å²) in [4.78, 5) is 11.5. The van der Waals surface area contributed by atoms with Crippen LogP contribution in [0.15, 0.2) is 0 Å². The third kappa shape index (κ3) is 4.07. The molecule has 4 atom stereocenters. The molecule has 0 aliphatic carbocycles. The SMILES string of the molecule is CC(N)C(C)C(=O)NC(C)C(C)CO. The van der Waals surface area contributed by atoms with Crippen molar-refractivity contribution in [1.29, 1.82) is 0 Å². The van der Waals surface area contributed by atoms with E-state index < -0.39 is 0 Å². The summed E-state index contributed by atoms with van der Waals surface area (Å²) in [6.45, 7) is 7.46. The second-order valence-electron chi connectivity index (χ2n) is 4.10. The summed E-state index contributed by atoms with van der Waals surface area (Å²) in [5.74, 6) is -0.171. The first-order valence-electron chi connectivity index (χ1n) is 5.07. The van der Waals surface area contributed by atoms with Crippen molar-refractivity contribution >= 4 is 5.91 Å². The van der Waals surface area contributed by atoms with Crippen LogP contribution in [0.2, 0.25) is 0 Å². The van der Waals surface area contributed by atoms with E-state index in [9.17, 15) is 4.79 Å². The Kier molecular flexibility index (Phi) is 5.72. The number of aliphatic hydroxyl groups is 1. The van der Waals surface area contributed by atoms with Crippen molar-refractivity contribution in [3.63, 3.8) is 0 Å². The molecule has 4 N–H and O–H groups in total. The van der Waals surface area contributed by atoms with Crippen molar-refractivity contribution in [1.82, 2.24) is 5.32 Å².